The lowest BCUT2D eigenvalue weighted by atomic mass is 9.99. The van der Waals surface area contributed by atoms with Crippen LogP contribution in [0.5, 0.6) is 0 Å². The van der Waals surface area contributed by atoms with E-state index in [9.17, 15) is 9.18 Å². The molecule has 20 heavy (non-hydrogen) atoms. The summed E-state index contributed by atoms with van der Waals surface area (Å²) >= 11 is 0. The van der Waals surface area contributed by atoms with E-state index in [1.807, 2.05) is 17.1 Å². The summed E-state index contributed by atoms with van der Waals surface area (Å²) in [4.78, 5) is 14.3. The minimum atomic E-state index is -0.222. The lowest BCUT2D eigenvalue weighted by molar-refractivity contribution is -0.689. The fraction of sp³-hybridized carbons (Fsp3) is 0.562. The summed E-state index contributed by atoms with van der Waals surface area (Å²) in [6.45, 7) is 6.66. The van der Waals surface area contributed by atoms with Gasteiger partial charge in [0, 0.05) is 18.7 Å². The molecule has 1 aromatic rings. The number of nitrogens with zero attached hydrogens (tertiary/aromatic N) is 1. The molecule has 1 fully saturated rings. The predicted molar refractivity (Wildman–Crippen MR) is 76.5 cm³/mol. The van der Waals surface area contributed by atoms with E-state index in [-0.39, 0.29) is 17.8 Å². The largest absolute Gasteiger partial charge is 0.338 e. The maximum atomic E-state index is 12.8. The number of quaternary nitrogens is 1. The summed E-state index contributed by atoms with van der Waals surface area (Å²) in [5.41, 5.74) is 1.04. The Morgan fingerprint density at radius 3 is 2.55 bits per heavy atom. The van der Waals surface area contributed by atoms with Gasteiger partial charge in [0.15, 0.2) is 6.04 Å². The second kappa shape index (κ2) is 6.84. The highest BCUT2D eigenvalue weighted by molar-refractivity contribution is 5.80. The molecular weight excluding hydrogens is 255 g/mol. The summed E-state index contributed by atoms with van der Waals surface area (Å²) in [6, 6.07) is 6.38. The van der Waals surface area contributed by atoms with E-state index in [0.717, 1.165) is 37.4 Å². The molecule has 3 nitrogen and oxygen atoms in total. The number of likely N-dealkylation sites (tertiary alicyclic amines) is 1. The summed E-state index contributed by atoms with van der Waals surface area (Å²) in [6.07, 6.45) is 2.22. The molecule has 1 atom stereocenters. The van der Waals surface area contributed by atoms with Crippen molar-refractivity contribution >= 4 is 5.91 Å². The van der Waals surface area contributed by atoms with Crippen molar-refractivity contribution in [1.82, 2.24) is 4.90 Å². The Morgan fingerprint density at radius 1 is 1.35 bits per heavy atom. The highest BCUT2D eigenvalue weighted by Gasteiger charge is 2.26. The van der Waals surface area contributed by atoms with Crippen LogP contribution >= 0.6 is 0 Å². The highest BCUT2D eigenvalue weighted by atomic mass is 19.1. The van der Waals surface area contributed by atoms with Crippen molar-refractivity contribution in [2.75, 3.05) is 13.1 Å². The van der Waals surface area contributed by atoms with Gasteiger partial charge in [-0.25, -0.2) is 4.39 Å². The summed E-state index contributed by atoms with van der Waals surface area (Å²) in [5, 5.41) is 2.02. The van der Waals surface area contributed by atoms with Crippen molar-refractivity contribution in [3.8, 4) is 0 Å². The molecule has 4 heteroatoms. The van der Waals surface area contributed by atoms with Gasteiger partial charge < -0.3 is 10.2 Å². The van der Waals surface area contributed by atoms with Crippen molar-refractivity contribution in [2.24, 2.45) is 5.92 Å². The van der Waals surface area contributed by atoms with Crippen LogP contribution in [0.4, 0.5) is 4.39 Å². The van der Waals surface area contributed by atoms with Crippen molar-refractivity contribution in [1.29, 1.82) is 0 Å². The number of nitrogens with two attached hydrogens (primary N) is 1. The summed E-state index contributed by atoms with van der Waals surface area (Å²) in [7, 11) is 0. The number of benzene rings is 1. The monoisotopic (exact) mass is 279 g/mol. The molecule has 110 valence electrons. The molecule has 1 amide bonds. The molecule has 0 aliphatic carbocycles. The third-order valence-electron chi connectivity index (χ3n) is 4.11. The first-order valence-corrected chi connectivity index (χ1v) is 7.43. The molecule has 1 aliphatic heterocycles. The number of halogens is 1. The van der Waals surface area contributed by atoms with E-state index in [1.165, 1.54) is 12.1 Å². The molecule has 0 bridgehead atoms. The number of piperidine rings is 1. The van der Waals surface area contributed by atoms with Crippen molar-refractivity contribution in [3.05, 3.63) is 35.6 Å². The Balaban J connectivity index is 1.80. The molecule has 0 spiro atoms. The highest BCUT2D eigenvalue weighted by Crippen LogP contribution is 2.16. The van der Waals surface area contributed by atoms with Gasteiger partial charge in [0.25, 0.3) is 5.91 Å². The van der Waals surface area contributed by atoms with E-state index in [0.29, 0.717) is 6.54 Å². The van der Waals surface area contributed by atoms with Gasteiger partial charge in [0.2, 0.25) is 0 Å². The van der Waals surface area contributed by atoms with E-state index in [2.05, 4.69) is 6.92 Å². The molecule has 2 rings (SSSR count). The minimum Gasteiger partial charge on any atom is -0.338 e. The molecular formula is C16H24FN2O+. The molecule has 0 unspecified atom stereocenters. The van der Waals surface area contributed by atoms with Gasteiger partial charge in [-0.15, -0.1) is 0 Å². The van der Waals surface area contributed by atoms with Crippen LogP contribution in [0.2, 0.25) is 0 Å². The van der Waals surface area contributed by atoms with E-state index >= 15 is 0 Å². The third-order valence-corrected chi connectivity index (χ3v) is 4.11. The van der Waals surface area contributed by atoms with E-state index in [1.54, 1.807) is 12.1 Å². The van der Waals surface area contributed by atoms with Crippen LogP contribution in [0.3, 0.4) is 0 Å². The van der Waals surface area contributed by atoms with Gasteiger partial charge in [-0.3, -0.25) is 4.79 Å². The Labute approximate surface area is 120 Å². The fourth-order valence-electron chi connectivity index (χ4n) is 2.55. The Morgan fingerprint density at radius 2 is 1.95 bits per heavy atom. The van der Waals surface area contributed by atoms with Gasteiger partial charge >= 0.3 is 0 Å². The van der Waals surface area contributed by atoms with Gasteiger partial charge in [0.05, 0.1) is 0 Å². The second-order valence-corrected chi connectivity index (χ2v) is 5.86. The zero-order valence-electron chi connectivity index (χ0n) is 12.3. The standard InChI is InChI=1S/C16H23FN2O/c1-12-7-9-19(10-8-12)16(20)13(2)18-11-14-3-5-15(17)6-4-14/h3-6,12-13,18H,7-11H2,1-2H3/p+1/t13-/m0/s1. The van der Waals surface area contributed by atoms with E-state index < -0.39 is 0 Å². The normalized spacial score (nSPS) is 18.1. The number of amides is 1. The van der Waals surface area contributed by atoms with Crippen LogP contribution in [-0.2, 0) is 11.3 Å². The van der Waals surface area contributed by atoms with Crippen molar-refractivity contribution in [3.63, 3.8) is 0 Å². The smallest absolute Gasteiger partial charge is 0.280 e. The fourth-order valence-corrected chi connectivity index (χ4v) is 2.55. The lowest BCUT2D eigenvalue weighted by Crippen LogP contribution is -2.90. The summed E-state index contributed by atoms with van der Waals surface area (Å²) in [5.74, 6) is 0.733. The first-order chi connectivity index (χ1) is 9.56. The molecule has 1 heterocycles. The molecule has 2 N–H and O–H groups in total. The molecule has 1 saturated heterocycles. The molecule has 1 aliphatic rings. The zero-order valence-corrected chi connectivity index (χ0v) is 12.3. The van der Waals surface area contributed by atoms with E-state index in [4.69, 9.17) is 0 Å². The Bertz CT molecular complexity index is 438. The van der Waals surface area contributed by atoms with Gasteiger partial charge in [-0.05, 0) is 37.8 Å². The van der Waals surface area contributed by atoms with Crippen LogP contribution in [-0.4, -0.2) is 29.9 Å². The quantitative estimate of drug-likeness (QED) is 0.892. The number of hydrogen-bond donors (Lipinski definition) is 1. The average Bonchev–Trinajstić information content (AvgIpc) is 2.46. The Hall–Kier alpha value is -1.42. The number of rotatable bonds is 4. The van der Waals surface area contributed by atoms with Crippen molar-refractivity contribution < 1.29 is 14.5 Å². The summed E-state index contributed by atoms with van der Waals surface area (Å²) < 4.78 is 12.8. The average molecular weight is 279 g/mol. The van der Waals surface area contributed by atoms with Crippen LogP contribution in [0, 0.1) is 11.7 Å². The number of hydrogen-bond acceptors (Lipinski definition) is 1. The van der Waals surface area contributed by atoms with Crippen LogP contribution in [0.15, 0.2) is 24.3 Å². The van der Waals surface area contributed by atoms with Gasteiger partial charge in [-0.2, -0.15) is 0 Å². The molecule has 0 aromatic heterocycles. The predicted octanol–water partition coefficient (Wildman–Crippen LogP) is 1.54. The maximum absolute atomic E-state index is 12.8. The number of carbonyl (C=O) groups is 1. The molecule has 0 saturated carbocycles. The topological polar surface area (TPSA) is 36.9 Å². The van der Waals surface area contributed by atoms with Crippen LogP contribution in [0.1, 0.15) is 32.3 Å². The third kappa shape index (κ3) is 4.04. The minimum absolute atomic E-state index is 0.0755. The molecule has 0 radical (unpaired) electrons. The maximum Gasteiger partial charge on any atom is 0.280 e. The van der Waals surface area contributed by atoms with Crippen LogP contribution in [0.25, 0.3) is 0 Å². The van der Waals surface area contributed by atoms with Gasteiger partial charge in [-0.1, -0.05) is 19.1 Å². The first kappa shape index (κ1) is 15.0. The van der Waals surface area contributed by atoms with Crippen LogP contribution < -0.4 is 5.32 Å². The number of carbonyl (C=O) groups excluding carboxylic acids is 1. The first-order valence-electron chi connectivity index (χ1n) is 7.43. The lowest BCUT2D eigenvalue weighted by Gasteiger charge is -2.31. The van der Waals surface area contributed by atoms with Gasteiger partial charge in [0.1, 0.15) is 12.4 Å². The Kier molecular flexibility index (Phi) is 5.12. The SMILES string of the molecule is CC1CCN(C(=O)[C@H](C)[NH2+]Cc2ccc(F)cc2)CC1. The molecule has 1 aromatic carbocycles. The second-order valence-electron chi connectivity index (χ2n) is 5.86. The zero-order chi connectivity index (χ0) is 14.5. The van der Waals surface area contributed by atoms with Crippen molar-refractivity contribution in [2.45, 2.75) is 39.3 Å².